The zero-order valence-corrected chi connectivity index (χ0v) is 8.68. The number of thiocarbonyl (C=S) groups is 1. The van der Waals surface area contributed by atoms with Gasteiger partial charge in [-0.1, -0.05) is 4.32 Å². The molecule has 0 aliphatic rings. The van der Waals surface area contributed by atoms with Gasteiger partial charge in [0.05, 0.1) is 0 Å². The maximum Gasteiger partial charge on any atom is 1.00 e. The fourth-order valence-corrected chi connectivity index (χ4v) is 1.38. The van der Waals surface area contributed by atoms with E-state index >= 15 is 0 Å². The Balaban J connectivity index is 0. The van der Waals surface area contributed by atoms with Gasteiger partial charge in [0.1, 0.15) is 0 Å². The van der Waals surface area contributed by atoms with E-state index in [1.807, 2.05) is 4.90 Å². The Morgan fingerprint density at radius 2 is 2.00 bits per heavy atom. The molecule has 0 N–H and O–H groups in total. The van der Waals surface area contributed by atoms with Gasteiger partial charge < -0.3 is 29.7 Å². The molecule has 0 aromatic rings. The van der Waals surface area contributed by atoms with Gasteiger partial charge >= 0.3 is 18.9 Å². The van der Waals surface area contributed by atoms with Crippen molar-refractivity contribution >= 4 is 29.2 Å². The topological polar surface area (TPSA) is 3.24 Å². The van der Waals surface area contributed by atoms with Crippen molar-refractivity contribution in [2.75, 3.05) is 6.54 Å². The minimum absolute atomic E-state index is 0. The molecule has 0 amide bonds. The van der Waals surface area contributed by atoms with Crippen molar-refractivity contribution < 1.29 is 18.9 Å². The Morgan fingerprint density at radius 1 is 1.60 bits per heavy atom. The second kappa shape index (κ2) is 6.42. The summed E-state index contributed by atoms with van der Waals surface area (Å²) < 4.78 is 0.576. The Hall–Kier alpha value is 0.707. The van der Waals surface area contributed by atoms with E-state index in [0.29, 0.717) is 10.4 Å². The molecule has 0 saturated carbocycles. The number of hydrogen-bond acceptors (Lipinski definition) is 2. The van der Waals surface area contributed by atoms with Gasteiger partial charge in [-0.2, -0.15) is 0 Å². The van der Waals surface area contributed by atoms with Gasteiger partial charge in [-0.15, -0.1) is 0 Å². The van der Waals surface area contributed by atoms with Gasteiger partial charge in [0.2, 0.25) is 0 Å². The Morgan fingerprint density at radius 3 is 2.00 bits per heavy atom. The van der Waals surface area contributed by atoms with Crippen LogP contribution >= 0.6 is 12.2 Å². The molecule has 0 aromatic heterocycles. The van der Waals surface area contributed by atoms with Crippen LogP contribution in [0.1, 0.15) is 20.8 Å². The van der Waals surface area contributed by atoms with E-state index in [0.717, 1.165) is 6.54 Å². The molecule has 0 heterocycles. The van der Waals surface area contributed by atoms with Gasteiger partial charge in [0, 0.05) is 12.6 Å². The third kappa shape index (κ3) is 4.51. The Labute approximate surface area is 86.1 Å². The molecule has 0 aromatic carbocycles. The summed E-state index contributed by atoms with van der Waals surface area (Å²) in [4.78, 5) is 2.00. The minimum atomic E-state index is 0. The van der Waals surface area contributed by atoms with Crippen molar-refractivity contribution in [3.8, 4) is 0 Å². The van der Waals surface area contributed by atoms with Crippen molar-refractivity contribution in [2.45, 2.75) is 26.8 Å². The predicted octanol–water partition coefficient (Wildman–Crippen LogP) is -1.45. The van der Waals surface area contributed by atoms with Crippen LogP contribution in [0.2, 0.25) is 0 Å². The SMILES string of the molecule is CCN(C(=S)[S-])C(C)C.[Li+]. The summed E-state index contributed by atoms with van der Waals surface area (Å²) in [6, 6.07) is 0.444. The van der Waals surface area contributed by atoms with Crippen LogP contribution in [0.15, 0.2) is 0 Å². The first-order valence-corrected chi connectivity index (χ1v) is 3.88. The summed E-state index contributed by atoms with van der Waals surface area (Å²) in [5.74, 6) is 0. The molecule has 10 heavy (non-hydrogen) atoms. The van der Waals surface area contributed by atoms with Crippen molar-refractivity contribution in [1.82, 2.24) is 4.90 Å². The second-order valence-electron chi connectivity index (χ2n) is 2.15. The number of hydrogen-bond donors (Lipinski definition) is 0. The molecule has 54 valence electrons. The van der Waals surface area contributed by atoms with E-state index in [1.165, 1.54) is 0 Å². The van der Waals surface area contributed by atoms with Crippen molar-refractivity contribution in [2.24, 2.45) is 0 Å². The van der Waals surface area contributed by atoms with Crippen LogP contribution in [-0.2, 0) is 12.6 Å². The second-order valence-corrected chi connectivity index (χ2v) is 3.18. The molecule has 0 unspecified atom stereocenters. The first-order chi connectivity index (χ1) is 4.09. The average molecular weight is 169 g/mol. The first-order valence-electron chi connectivity index (χ1n) is 3.07. The summed E-state index contributed by atoms with van der Waals surface area (Å²) in [6.45, 7) is 7.14. The van der Waals surface area contributed by atoms with Crippen LogP contribution in [0, 0.1) is 0 Å². The molecule has 0 rings (SSSR count). The van der Waals surface area contributed by atoms with Crippen molar-refractivity contribution in [1.29, 1.82) is 0 Å². The quantitative estimate of drug-likeness (QED) is 0.283. The van der Waals surface area contributed by atoms with Gasteiger partial charge in [0.25, 0.3) is 0 Å². The van der Waals surface area contributed by atoms with E-state index in [1.54, 1.807) is 0 Å². The van der Waals surface area contributed by atoms with Crippen molar-refractivity contribution in [3.05, 3.63) is 0 Å². The molecule has 0 radical (unpaired) electrons. The molecular weight excluding hydrogens is 157 g/mol. The van der Waals surface area contributed by atoms with Gasteiger partial charge in [-0.25, -0.2) is 0 Å². The summed E-state index contributed by atoms with van der Waals surface area (Å²) in [5.41, 5.74) is 0. The number of nitrogens with zero attached hydrogens (tertiary/aromatic N) is 1. The zero-order valence-electron chi connectivity index (χ0n) is 7.05. The van der Waals surface area contributed by atoms with E-state index in [4.69, 9.17) is 24.8 Å². The summed E-state index contributed by atoms with van der Waals surface area (Å²) in [5, 5.41) is 0. The van der Waals surface area contributed by atoms with Crippen molar-refractivity contribution in [3.63, 3.8) is 0 Å². The molecule has 0 aliphatic carbocycles. The molecule has 0 spiro atoms. The summed E-state index contributed by atoms with van der Waals surface area (Å²) in [6.07, 6.45) is 0. The zero-order chi connectivity index (χ0) is 7.44. The molecule has 0 aliphatic heterocycles. The standard InChI is InChI=1S/C6H13NS2.Li/c1-4-7(5(2)3)6(8)9;/h5H,4H2,1-3H3,(H,8,9);/q;+1/p-1. The molecule has 0 saturated heterocycles. The smallest absolute Gasteiger partial charge is 0.411 e. The minimum Gasteiger partial charge on any atom is -0.411 e. The molecule has 0 atom stereocenters. The normalized spacial score (nSPS) is 8.80. The third-order valence-electron chi connectivity index (χ3n) is 1.20. The van der Waals surface area contributed by atoms with Gasteiger partial charge in [0.15, 0.2) is 0 Å². The van der Waals surface area contributed by atoms with E-state index in [-0.39, 0.29) is 18.9 Å². The van der Waals surface area contributed by atoms with Gasteiger partial charge in [-0.3, -0.25) is 0 Å². The van der Waals surface area contributed by atoms with Crippen LogP contribution in [0.4, 0.5) is 0 Å². The van der Waals surface area contributed by atoms with Crippen LogP contribution < -0.4 is 18.9 Å². The molecular formula is C6H12LiNS2. The monoisotopic (exact) mass is 169 g/mol. The maximum atomic E-state index is 4.83. The van der Waals surface area contributed by atoms with Crippen LogP contribution in [0.25, 0.3) is 0 Å². The van der Waals surface area contributed by atoms with Crippen LogP contribution in [-0.4, -0.2) is 21.8 Å². The molecule has 0 bridgehead atoms. The fourth-order valence-electron chi connectivity index (χ4n) is 0.705. The Kier molecular flexibility index (Phi) is 8.54. The summed E-state index contributed by atoms with van der Waals surface area (Å²) >= 11 is 9.67. The molecule has 4 heteroatoms. The van der Waals surface area contributed by atoms with Crippen LogP contribution in [0.3, 0.4) is 0 Å². The summed E-state index contributed by atoms with van der Waals surface area (Å²) in [7, 11) is 0. The Bertz CT molecular complexity index is 106. The average Bonchev–Trinajstić information content (AvgIpc) is 1.64. The third-order valence-corrected chi connectivity index (χ3v) is 1.67. The predicted molar refractivity (Wildman–Crippen MR) is 47.5 cm³/mol. The molecule has 0 fully saturated rings. The fraction of sp³-hybridized carbons (Fsp3) is 0.833. The maximum absolute atomic E-state index is 4.83. The first kappa shape index (κ1) is 13.3. The van der Waals surface area contributed by atoms with E-state index in [9.17, 15) is 0 Å². The van der Waals surface area contributed by atoms with E-state index < -0.39 is 0 Å². The number of rotatable bonds is 2. The van der Waals surface area contributed by atoms with Crippen LogP contribution in [0.5, 0.6) is 0 Å². The van der Waals surface area contributed by atoms with E-state index in [2.05, 4.69) is 20.8 Å². The van der Waals surface area contributed by atoms with Gasteiger partial charge in [-0.05, 0) is 20.8 Å². The molecule has 1 nitrogen and oxygen atoms in total. The largest absolute Gasteiger partial charge is 1.00 e.